The van der Waals surface area contributed by atoms with E-state index in [0.717, 1.165) is 25.2 Å². The molecule has 0 aromatic heterocycles. The van der Waals surface area contributed by atoms with Crippen molar-refractivity contribution in [3.8, 4) is 5.75 Å². The van der Waals surface area contributed by atoms with E-state index < -0.39 is 0 Å². The predicted octanol–water partition coefficient (Wildman–Crippen LogP) is 2.79. The molecule has 2 aromatic carbocycles. The van der Waals surface area contributed by atoms with Crippen molar-refractivity contribution >= 4 is 23.3 Å². The summed E-state index contributed by atoms with van der Waals surface area (Å²) in [6.07, 6.45) is 3.97. The summed E-state index contributed by atoms with van der Waals surface area (Å²) in [5, 5.41) is 2.93. The Morgan fingerprint density at radius 2 is 1.93 bits per heavy atom. The Hall–Kier alpha value is -2.86. The minimum atomic E-state index is -0.247. The predicted molar refractivity (Wildman–Crippen MR) is 116 cm³/mol. The number of rotatable bonds is 4. The molecule has 0 radical (unpaired) electrons. The van der Waals surface area contributed by atoms with E-state index in [2.05, 4.69) is 40.2 Å². The van der Waals surface area contributed by atoms with Crippen molar-refractivity contribution in [2.24, 2.45) is 0 Å². The van der Waals surface area contributed by atoms with E-state index in [0.29, 0.717) is 30.4 Å². The standard InChI is InChI=1S/C24H27N3O3/c1-16-14-26(9-10-27(16)21-8-6-17-3-2-4-18(17)11-21)15-23(28)25-20-7-5-19-12-24(29)30-22(19)13-20/h5-8,11,13,16H,2-4,9-10,12,14-15H2,1H3,(H,25,28)/t16-/m1/s1. The second kappa shape index (κ2) is 7.76. The first-order valence-corrected chi connectivity index (χ1v) is 10.8. The number of anilines is 2. The first kappa shape index (κ1) is 19.1. The van der Waals surface area contributed by atoms with E-state index in [1.807, 2.05) is 12.1 Å². The molecule has 2 aliphatic heterocycles. The number of hydrogen-bond acceptors (Lipinski definition) is 5. The highest BCUT2D eigenvalue weighted by Crippen LogP contribution is 2.30. The molecule has 156 valence electrons. The third-order valence-electron chi connectivity index (χ3n) is 6.40. The van der Waals surface area contributed by atoms with Gasteiger partial charge in [-0.3, -0.25) is 14.5 Å². The number of benzene rings is 2. The fourth-order valence-corrected chi connectivity index (χ4v) is 4.89. The number of esters is 1. The number of carbonyl (C=O) groups excluding carboxylic acids is 2. The van der Waals surface area contributed by atoms with Crippen LogP contribution in [0.5, 0.6) is 5.75 Å². The molecule has 1 saturated heterocycles. The molecule has 2 heterocycles. The fourth-order valence-electron chi connectivity index (χ4n) is 4.89. The Bertz CT molecular complexity index is 1000. The van der Waals surface area contributed by atoms with Gasteiger partial charge in [0.1, 0.15) is 5.75 Å². The van der Waals surface area contributed by atoms with Crippen molar-refractivity contribution in [1.82, 2.24) is 4.90 Å². The van der Waals surface area contributed by atoms with Gasteiger partial charge in [-0.1, -0.05) is 12.1 Å². The highest BCUT2D eigenvalue weighted by molar-refractivity contribution is 5.93. The van der Waals surface area contributed by atoms with Gasteiger partial charge in [0.25, 0.3) is 0 Å². The van der Waals surface area contributed by atoms with Gasteiger partial charge in [-0.05, 0) is 55.5 Å². The van der Waals surface area contributed by atoms with Crippen LogP contribution in [0.1, 0.15) is 30.0 Å². The molecule has 6 heteroatoms. The van der Waals surface area contributed by atoms with Gasteiger partial charge in [0, 0.05) is 48.7 Å². The molecule has 0 unspecified atom stereocenters. The van der Waals surface area contributed by atoms with Crippen LogP contribution >= 0.6 is 0 Å². The zero-order valence-electron chi connectivity index (χ0n) is 17.3. The lowest BCUT2D eigenvalue weighted by molar-refractivity contribution is -0.131. The van der Waals surface area contributed by atoms with Crippen LogP contribution in [0, 0.1) is 0 Å². The molecule has 1 fully saturated rings. The summed E-state index contributed by atoms with van der Waals surface area (Å²) in [5.41, 5.74) is 5.84. The van der Waals surface area contributed by atoms with Crippen LogP contribution in [-0.4, -0.2) is 49.0 Å². The Labute approximate surface area is 176 Å². The first-order valence-electron chi connectivity index (χ1n) is 10.8. The van der Waals surface area contributed by atoms with Gasteiger partial charge in [-0.15, -0.1) is 0 Å². The van der Waals surface area contributed by atoms with E-state index in [1.54, 1.807) is 6.07 Å². The van der Waals surface area contributed by atoms with Crippen LogP contribution in [-0.2, 0) is 28.9 Å². The highest BCUT2D eigenvalue weighted by Gasteiger charge is 2.26. The van der Waals surface area contributed by atoms with Crippen molar-refractivity contribution in [2.45, 2.75) is 38.6 Å². The maximum Gasteiger partial charge on any atom is 0.315 e. The first-order chi connectivity index (χ1) is 14.5. The number of aryl methyl sites for hydroxylation is 2. The van der Waals surface area contributed by atoms with Crippen molar-refractivity contribution in [3.63, 3.8) is 0 Å². The Morgan fingerprint density at radius 3 is 2.80 bits per heavy atom. The molecule has 0 saturated carbocycles. The summed E-state index contributed by atoms with van der Waals surface area (Å²) in [6, 6.07) is 12.7. The molecule has 3 aliphatic rings. The average Bonchev–Trinajstić information content (AvgIpc) is 3.32. The summed E-state index contributed by atoms with van der Waals surface area (Å²) in [5.74, 6) is 0.260. The number of nitrogens with zero attached hydrogens (tertiary/aromatic N) is 2. The minimum Gasteiger partial charge on any atom is -0.426 e. The molecule has 6 nitrogen and oxygen atoms in total. The van der Waals surface area contributed by atoms with Crippen LogP contribution in [0.25, 0.3) is 0 Å². The summed E-state index contributed by atoms with van der Waals surface area (Å²) < 4.78 is 5.17. The highest BCUT2D eigenvalue weighted by atomic mass is 16.5. The second-order valence-corrected chi connectivity index (χ2v) is 8.61. The molecule has 5 rings (SSSR count). The molecule has 1 atom stereocenters. The maximum absolute atomic E-state index is 12.6. The lowest BCUT2D eigenvalue weighted by Crippen LogP contribution is -2.53. The lowest BCUT2D eigenvalue weighted by Gasteiger charge is -2.41. The summed E-state index contributed by atoms with van der Waals surface area (Å²) in [7, 11) is 0. The van der Waals surface area contributed by atoms with E-state index in [-0.39, 0.29) is 11.9 Å². The molecule has 30 heavy (non-hydrogen) atoms. The van der Waals surface area contributed by atoms with Crippen LogP contribution in [0.15, 0.2) is 36.4 Å². The molecule has 2 aromatic rings. The van der Waals surface area contributed by atoms with Gasteiger partial charge in [0.2, 0.25) is 5.91 Å². The van der Waals surface area contributed by atoms with Crippen LogP contribution in [0.3, 0.4) is 0 Å². The molecule has 0 bridgehead atoms. The number of carbonyl (C=O) groups is 2. The van der Waals surface area contributed by atoms with Gasteiger partial charge in [-0.25, -0.2) is 0 Å². The third kappa shape index (κ3) is 3.79. The quantitative estimate of drug-likeness (QED) is 0.626. The number of nitrogens with one attached hydrogen (secondary N) is 1. The number of hydrogen-bond donors (Lipinski definition) is 1. The summed E-state index contributed by atoms with van der Waals surface area (Å²) in [6.45, 7) is 5.22. The molecular formula is C24H27N3O3. The number of piperazine rings is 1. The lowest BCUT2D eigenvalue weighted by atomic mass is 10.1. The molecule has 1 N–H and O–H groups in total. The zero-order valence-corrected chi connectivity index (χ0v) is 17.3. The third-order valence-corrected chi connectivity index (χ3v) is 6.40. The van der Waals surface area contributed by atoms with Gasteiger partial charge in [-0.2, -0.15) is 0 Å². The summed E-state index contributed by atoms with van der Waals surface area (Å²) >= 11 is 0. The van der Waals surface area contributed by atoms with Gasteiger partial charge in [0.05, 0.1) is 13.0 Å². The number of amides is 1. The van der Waals surface area contributed by atoms with Crippen molar-refractivity contribution in [2.75, 3.05) is 36.4 Å². The van der Waals surface area contributed by atoms with Crippen molar-refractivity contribution in [3.05, 3.63) is 53.1 Å². The van der Waals surface area contributed by atoms with Crippen LogP contribution in [0.2, 0.25) is 0 Å². The topological polar surface area (TPSA) is 61.9 Å². The maximum atomic E-state index is 12.6. The second-order valence-electron chi connectivity index (χ2n) is 8.61. The number of fused-ring (bicyclic) bond motifs is 2. The van der Waals surface area contributed by atoms with Crippen LogP contribution in [0.4, 0.5) is 11.4 Å². The van der Waals surface area contributed by atoms with Crippen molar-refractivity contribution < 1.29 is 14.3 Å². The largest absolute Gasteiger partial charge is 0.426 e. The minimum absolute atomic E-state index is 0.0440. The van der Waals surface area contributed by atoms with E-state index in [1.165, 1.54) is 36.1 Å². The Morgan fingerprint density at radius 1 is 1.10 bits per heavy atom. The SMILES string of the molecule is C[C@@H]1CN(CC(=O)Nc2ccc3c(c2)OC(=O)C3)CCN1c1ccc2c(c1)CCC2. The van der Waals surface area contributed by atoms with E-state index in [4.69, 9.17) is 4.74 Å². The number of ether oxygens (including phenoxy) is 1. The molecule has 1 amide bonds. The van der Waals surface area contributed by atoms with E-state index >= 15 is 0 Å². The van der Waals surface area contributed by atoms with Gasteiger partial charge >= 0.3 is 5.97 Å². The average molecular weight is 405 g/mol. The normalized spacial score (nSPS) is 20.6. The van der Waals surface area contributed by atoms with E-state index in [9.17, 15) is 9.59 Å². The van der Waals surface area contributed by atoms with Crippen LogP contribution < -0.4 is 15.0 Å². The Balaban J connectivity index is 1.17. The van der Waals surface area contributed by atoms with Gasteiger partial charge in [0.15, 0.2) is 0 Å². The molecular weight excluding hydrogens is 378 g/mol. The molecule has 1 aliphatic carbocycles. The monoisotopic (exact) mass is 405 g/mol. The molecule has 0 spiro atoms. The Kier molecular flexibility index (Phi) is 4.95. The smallest absolute Gasteiger partial charge is 0.315 e. The van der Waals surface area contributed by atoms with Gasteiger partial charge < -0.3 is 15.0 Å². The summed E-state index contributed by atoms with van der Waals surface area (Å²) in [4.78, 5) is 28.6. The fraction of sp³-hybridized carbons (Fsp3) is 0.417. The van der Waals surface area contributed by atoms with Crippen molar-refractivity contribution in [1.29, 1.82) is 0 Å². The zero-order chi connectivity index (χ0) is 20.7.